The summed E-state index contributed by atoms with van der Waals surface area (Å²) in [6.45, 7) is 2.66. The average Bonchev–Trinajstić information content (AvgIpc) is 3.01. The number of para-hydroxylation sites is 1. The van der Waals surface area contributed by atoms with E-state index in [9.17, 15) is 4.79 Å². The minimum Gasteiger partial charge on any atom is -0.449 e. The molecule has 2 unspecified atom stereocenters. The van der Waals surface area contributed by atoms with E-state index in [2.05, 4.69) is 10.6 Å². The lowest BCUT2D eigenvalue weighted by atomic mass is 10.0. The van der Waals surface area contributed by atoms with Gasteiger partial charge in [0.15, 0.2) is 0 Å². The quantitative estimate of drug-likeness (QED) is 0.910. The highest BCUT2D eigenvalue weighted by atomic mass is 16.5. The summed E-state index contributed by atoms with van der Waals surface area (Å²) < 4.78 is 5.42. The van der Waals surface area contributed by atoms with Gasteiger partial charge in [0.25, 0.3) is 0 Å². The second-order valence-electron chi connectivity index (χ2n) is 6.28. The number of ether oxygens (including phenoxy) is 1. The highest BCUT2D eigenvalue weighted by Crippen LogP contribution is 2.48. The summed E-state index contributed by atoms with van der Waals surface area (Å²) in [4.78, 5) is 12.1. The molecule has 2 aromatic carbocycles. The van der Waals surface area contributed by atoms with Crippen molar-refractivity contribution in [3.63, 3.8) is 0 Å². The van der Waals surface area contributed by atoms with Crippen LogP contribution < -0.4 is 10.6 Å². The van der Waals surface area contributed by atoms with Crippen LogP contribution in [0.15, 0.2) is 54.6 Å². The van der Waals surface area contributed by atoms with Gasteiger partial charge in [-0.25, -0.2) is 4.79 Å². The predicted molar refractivity (Wildman–Crippen MR) is 90.2 cm³/mol. The summed E-state index contributed by atoms with van der Waals surface area (Å²) in [5.41, 5.74) is 2.85. The van der Waals surface area contributed by atoms with Crippen LogP contribution in [0.5, 0.6) is 0 Å². The molecule has 1 saturated carbocycles. The van der Waals surface area contributed by atoms with Crippen LogP contribution in [0.25, 0.3) is 11.1 Å². The van der Waals surface area contributed by atoms with Crippen molar-refractivity contribution in [1.82, 2.24) is 5.32 Å². The Hall–Kier alpha value is -2.33. The molecule has 1 aliphatic heterocycles. The Labute approximate surface area is 135 Å². The van der Waals surface area contributed by atoms with Crippen LogP contribution in [-0.2, 0) is 4.74 Å². The molecule has 4 nitrogen and oxygen atoms in total. The molecule has 0 bridgehead atoms. The van der Waals surface area contributed by atoms with E-state index in [1.165, 1.54) is 0 Å². The number of carbonyl (C=O) groups excluding carboxylic acids is 1. The molecule has 4 heteroatoms. The number of fused-ring (bicyclic) bond motifs is 1. The van der Waals surface area contributed by atoms with Crippen molar-refractivity contribution in [3.8, 4) is 11.1 Å². The normalized spacial score (nSPS) is 24.8. The predicted octanol–water partition coefficient (Wildman–Crippen LogP) is 3.37. The zero-order valence-electron chi connectivity index (χ0n) is 12.9. The minimum absolute atomic E-state index is 0.369. The van der Waals surface area contributed by atoms with E-state index in [1.807, 2.05) is 54.6 Å². The van der Waals surface area contributed by atoms with Crippen LogP contribution in [0, 0.1) is 17.8 Å². The molecule has 0 spiro atoms. The lowest BCUT2D eigenvalue weighted by molar-refractivity contribution is 0.151. The van der Waals surface area contributed by atoms with E-state index < -0.39 is 0 Å². The van der Waals surface area contributed by atoms with Crippen LogP contribution in [0.4, 0.5) is 10.5 Å². The van der Waals surface area contributed by atoms with Gasteiger partial charge in [0.2, 0.25) is 0 Å². The Balaban J connectivity index is 1.39. The second kappa shape index (κ2) is 6.05. The highest BCUT2D eigenvalue weighted by molar-refractivity contribution is 5.91. The molecule has 2 N–H and O–H groups in total. The zero-order valence-corrected chi connectivity index (χ0v) is 12.9. The third kappa shape index (κ3) is 2.94. The monoisotopic (exact) mass is 308 g/mol. The van der Waals surface area contributed by atoms with Gasteiger partial charge in [-0.05, 0) is 36.6 Å². The highest BCUT2D eigenvalue weighted by Gasteiger charge is 2.53. The maximum absolute atomic E-state index is 12.1. The summed E-state index contributed by atoms with van der Waals surface area (Å²) in [7, 11) is 0. The number of rotatable bonds is 4. The standard InChI is InChI=1S/C19H20N2O2/c22-19(23-12-17-15-10-20-11-16(15)17)21-18-9-5-4-8-14(18)13-6-2-1-3-7-13/h1-9,15-17,20H,10-12H2,(H,21,22). The van der Waals surface area contributed by atoms with Gasteiger partial charge in [-0.2, -0.15) is 0 Å². The number of hydrogen-bond donors (Lipinski definition) is 2. The van der Waals surface area contributed by atoms with Gasteiger partial charge in [0, 0.05) is 11.5 Å². The molecule has 2 fully saturated rings. The first-order valence-corrected chi connectivity index (χ1v) is 8.12. The summed E-state index contributed by atoms with van der Waals surface area (Å²) in [5.74, 6) is 1.96. The summed E-state index contributed by atoms with van der Waals surface area (Å²) in [6.07, 6.45) is -0.369. The molecule has 1 aliphatic carbocycles. The lowest BCUT2D eigenvalue weighted by Crippen LogP contribution is -2.20. The SMILES string of the molecule is O=C(Nc1ccccc1-c1ccccc1)OCC1C2CNCC21. The smallest absolute Gasteiger partial charge is 0.411 e. The Bertz CT molecular complexity index is 692. The fraction of sp³-hybridized carbons (Fsp3) is 0.316. The fourth-order valence-corrected chi connectivity index (χ4v) is 3.57. The fourth-order valence-electron chi connectivity index (χ4n) is 3.57. The van der Waals surface area contributed by atoms with E-state index in [-0.39, 0.29) is 6.09 Å². The van der Waals surface area contributed by atoms with Crippen molar-refractivity contribution in [2.45, 2.75) is 0 Å². The molecule has 0 radical (unpaired) electrons. The van der Waals surface area contributed by atoms with Crippen LogP contribution in [0.2, 0.25) is 0 Å². The first kappa shape index (κ1) is 14.3. The first-order chi connectivity index (χ1) is 11.3. The van der Waals surface area contributed by atoms with Gasteiger partial charge in [-0.15, -0.1) is 0 Å². The number of carbonyl (C=O) groups is 1. The van der Waals surface area contributed by atoms with Gasteiger partial charge < -0.3 is 10.1 Å². The summed E-state index contributed by atoms with van der Waals surface area (Å²) in [5, 5.41) is 6.23. The molecule has 23 heavy (non-hydrogen) atoms. The van der Waals surface area contributed by atoms with Crippen molar-refractivity contribution in [2.75, 3.05) is 25.0 Å². The van der Waals surface area contributed by atoms with Crippen LogP contribution in [-0.4, -0.2) is 25.8 Å². The van der Waals surface area contributed by atoms with E-state index >= 15 is 0 Å². The zero-order chi connectivity index (χ0) is 15.6. The Morgan fingerprint density at radius 3 is 2.52 bits per heavy atom. The van der Waals surface area contributed by atoms with Crippen molar-refractivity contribution in [2.24, 2.45) is 17.8 Å². The second-order valence-corrected chi connectivity index (χ2v) is 6.28. The molecule has 118 valence electrons. The number of amides is 1. The number of nitrogens with one attached hydrogen (secondary N) is 2. The number of anilines is 1. The van der Waals surface area contributed by atoms with Crippen LogP contribution >= 0.6 is 0 Å². The van der Waals surface area contributed by atoms with E-state index in [0.29, 0.717) is 24.4 Å². The van der Waals surface area contributed by atoms with Gasteiger partial charge in [0.1, 0.15) is 0 Å². The molecule has 2 aromatic rings. The van der Waals surface area contributed by atoms with E-state index in [4.69, 9.17) is 4.74 Å². The average molecular weight is 308 g/mol. The summed E-state index contributed by atoms with van der Waals surface area (Å²) in [6, 6.07) is 17.8. The molecular weight excluding hydrogens is 288 g/mol. The first-order valence-electron chi connectivity index (χ1n) is 8.12. The molecule has 2 aliphatic rings. The van der Waals surface area contributed by atoms with E-state index in [0.717, 1.165) is 29.9 Å². The van der Waals surface area contributed by atoms with Crippen molar-refractivity contribution < 1.29 is 9.53 Å². The molecule has 1 saturated heterocycles. The van der Waals surface area contributed by atoms with Crippen molar-refractivity contribution >= 4 is 11.8 Å². The van der Waals surface area contributed by atoms with Gasteiger partial charge in [0.05, 0.1) is 12.3 Å². The molecule has 2 atom stereocenters. The van der Waals surface area contributed by atoms with Gasteiger partial charge in [-0.1, -0.05) is 48.5 Å². The molecule has 0 aromatic heterocycles. The van der Waals surface area contributed by atoms with Crippen molar-refractivity contribution in [3.05, 3.63) is 54.6 Å². The third-order valence-corrected chi connectivity index (χ3v) is 4.92. The Kier molecular flexibility index (Phi) is 3.75. The molecular formula is C19H20N2O2. The van der Waals surface area contributed by atoms with Crippen molar-refractivity contribution in [1.29, 1.82) is 0 Å². The van der Waals surface area contributed by atoms with Gasteiger partial charge >= 0.3 is 6.09 Å². The lowest BCUT2D eigenvalue weighted by Gasteiger charge is -2.12. The number of piperidine rings is 1. The topological polar surface area (TPSA) is 50.4 Å². The summed E-state index contributed by atoms with van der Waals surface area (Å²) >= 11 is 0. The molecule has 1 heterocycles. The maximum Gasteiger partial charge on any atom is 0.411 e. The Morgan fingerprint density at radius 2 is 1.74 bits per heavy atom. The number of hydrogen-bond acceptors (Lipinski definition) is 3. The van der Waals surface area contributed by atoms with Crippen LogP contribution in [0.1, 0.15) is 0 Å². The maximum atomic E-state index is 12.1. The third-order valence-electron chi connectivity index (χ3n) is 4.92. The molecule has 1 amide bonds. The van der Waals surface area contributed by atoms with E-state index in [1.54, 1.807) is 0 Å². The molecule has 4 rings (SSSR count). The minimum atomic E-state index is -0.369. The largest absolute Gasteiger partial charge is 0.449 e. The van der Waals surface area contributed by atoms with Crippen LogP contribution in [0.3, 0.4) is 0 Å². The number of benzene rings is 2. The Morgan fingerprint density at radius 1 is 1.04 bits per heavy atom. The van der Waals surface area contributed by atoms with Gasteiger partial charge in [-0.3, -0.25) is 5.32 Å².